The second kappa shape index (κ2) is 4.59. The van der Waals surface area contributed by atoms with Gasteiger partial charge in [0.25, 0.3) is 5.56 Å². The quantitative estimate of drug-likeness (QED) is 0.752. The van der Waals surface area contributed by atoms with Crippen LogP contribution in [0.15, 0.2) is 17.1 Å². The average Bonchev–Trinajstić information content (AvgIpc) is 2.60. The molecule has 2 heterocycles. The van der Waals surface area contributed by atoms with E-state index in [1.54, 1.807) is 24.0 Å². The third-order valence-corrected chi connectivity index (χ3v) is 2.62. The van der Waals surface area contributed by atoms with Crippen LogP contribution in [0, 0.1) is 6.92 Å². The Hall–Kier alpha value is -2.18. The summed E-state index contributed by atoms with van der Waals surface area (Å²) in [5.74, 6) is 1.39. The van der Waals surface area contributed by atoms with Crippen molar-refractivity contribution in [3.8, 4) is 0 Å². The van der Waals surface area contributed by atoms with Crippen LogP contribution in [0.5, 0.6) is 0 Å². The Morgan fingerprint density at radius 2 is 2.11 bits per heavy atom. The van der Waals surface area contributed by atoms with E-state index < -0.39 is 0 Å². The van der Waals surface area contributed by atoms with Crippen molar-refractivity contribution in [3.63, 3.8) is 0 Å². The van der Waals surface area contributed by atoms with Gasteiger partial charge in [-0.1, -0.05) is 0 Å². The molecular formula is C11H16N6O. The highest BCUT2D eigenvalue weighted by Crippen LogP contribution is 2.04. The molecule has 2 aromatic heterocycles. The van der Waals surface area contributed by atoms with Crippen molar-refractivity contribution in [3.05, 3.63) is 34.3 Å². The standard InChI is InChI=1S/C11H16N6O/c1-8-13-10(16(4)14-8)7-17-11(18)5-9(6-12-17)15(2)3/h5-6H,7H2,1-4H3. The smallest absolute Gasteiger partial charge is 0.269 e. The summed E-state index contributed by atoms with van der Waals surface area (Å²) in [4.78, 5) is 18.0. The van der Waals surface area contributed by atoms with Crippen LogP contribution in [0.25, 0.3) is 0 Å². The Labute approximate surface area is 105 Å². The van der Waals surface area contributed by atoms with E-state index in [4.69, 9.17) is 0 Å². The van der Waals surface area contributed by atoms with Crippen molar-refractivity contribution in [1.29, 1.82) is 0 Å². The van der Waals surface area contributed by atoms with E-state index in [1.165, 1.54) is 4.68 Å². The van der Waals surface area contributed by atoms with Gasteiger partial charge in [0.05, 0.1) is 11.9 Å². The van der Waals surface area contributed by atoms with Crippen molar-refractivity contribution < 1.29 is 0 Å². The second-order valence-corrected chi connectivity index (χ2v) is 4.30. The predicted octanol–water partition coefficient (Wildman–Crippen LogP) is -0.205. The van der Waals surface area contributed by atoms with Gasteiger partial charge in [0, 0.05) is 27.2 Å². The van der Waals surface area contributed by atoms with Gasteiger partial charge in [0.1, 0.15) is 18.2 Å². The number of hydrogen-bond donors (Lipinski definition) is 0. The molecule has 2 rings (SSSR count). The van der Waals surface area contributed by atoms with Crippen molar-refractivity contribution in [1.82, 2.24) is 24.5 Å². The fraction of sp³-hybridized carbons (Fsp3) is 0.455. The lowest BCUT2D eigenvalue weighted by molar-refractivity contribution is 0.580. The normalized spacial score (nSPS) is 10.7. The van der Waals surface area contributed by atoms with Gasteiger partial charge in [0.2, 0.25) is 0 Å². The molecule has 7 heteroatoms. The van der Waals surface area contributed by atoms with Crippen molar-refractivity contribution in [2.75, 3.05) is 19.0 Å². The molecule has 0 aliphatic rings. The van der Waals surface area contributed by atoms with Gasteiger partial charge in [-0.25, -0.2) is 9.67 Å². The van der Waals surface area contributed by atoms with E-state index in [1.807, 2.05) is 25.9 Å². The van der Waals surface area contributed by atoms with E-state index in [-0.39, 0.29) is 5.56 Å². The Balaban J connectivity index is 2.30. The summed E-state index contributed by atoms with van der Waals surface area (Å²) in [6.45, 7) is 2.14. The lowest BCUT2D eigenvalue weighted by Crippen LogP contribution is -2.25. The topological polar surface area (TPSA) is 68.8 Å². The SMILES string of the molecule is Cc1nc(Cn2ncc(N(C)C)cc2=O)n(C)n1. The molecule has 0 saturated heterocycles. The van der Waals surface area contributed by atoms with Gasteiger partial charge in [-0.2, -0.15) is 10.2 Å². The van der Waals surface area contributed by atoms with Crippen LogP contribution >= 0.6 is 0 Å². The summed E-state index contributed by atoms with van der Waals surface area (Å²) in [6, 6.07) is 1.55. The molecular weight excluding hydrogens is 232 g/mol. The van der Waals surface area contributed by atoms with Crippen LogP contribution in [0.3, 0.4) is 0 Å². The summed E-state index contributed by atoms with van der Waals surface area (Å²) in [5, 5.41) is 8.26. The highest BCUT2D eigenvalue weighted by atomic mass is 16.1. The molecule has 7 nitrogen and oxygen atoms in total. The van der Waals surface area contributed by atoms with Gasteiger partial charge in [-0.3, -0.25) is 9.48 Å². The molecule has 0 N–H and O–H groups in total. The average molecular weight is 248 g/mol. The summed E-state index contributed by atoms with van der Waals surface area (Å²) in [5.41, 5.74) is 0.632. The third-order valence-electron chi connectivity index (χ3n) is 2.62. The van der Waals surface area contributed by atoms with Crippen molar-refractivity contribution in [2.45, 2.75) is 13.5 Å². The number of aryl methyl sites for hydroxylation is 2. The molecule has 0 saturated carbocycles. The monoisotopic (exact) mass is 248 g/mol. The minimum Gasteiger partial charge on any atom is -0.376 e. The minimum atomic E-state index is -0.151. The number of aromatic nitrogens is 5. The summed E-state index contributed by atoms with van der Waals surface area (Å²) in [6.07, 6.45) is 1.66. The summed E-state index contributed by atoms with van der Waals surface area (Å²) < 4.78 is 3.03. The molecule has 18 heavy (non-hydrogen) atoms. The Morgan fingerprint density at radius 3 is 2.61 bits per heavy atom. The molecule has 0 amide bonds. The largest absolute Gasteiger partial charge is 0.376 e. The predicted molar refractivity (Wildman–Crippen MR) is 67.7 cm³/mol. The van der Waals surface area contributed by atoms with E-state index in [2.05, 4.69) is 15.2 Å². The van der Waals surface area contributed by atoms with Crippen LogP contribution in [0.2, 0.25) is 0 Å². The number of nitrogens with zero attached hydrogens (tertiary/aromatic N) is 6. The van der Waals surface area contributed by atoms with Crippen LogP contribution in [0.4, 0.5) is 5.69 Å². The van der Waals surface area contributed by atoms with E-state index in [0.717, 1.165) is 5.69 Å². The minimum absolute atomic E-state index is 0.151. The molecule has 0 unspecified atom stereocenters. The van der Waals surface area contributed by atoms with E-state index in [9.17, 15) is 4.79 Å². The van der Waals surface area contributed by atoms with Gasteiger partial charge in [-0.05, 0) is 6.92 Å². The zero-order chi connectivity index (χ0) is 13.3. The zero-order valence-corrected chi connectivity index (χ0v) is 11.0. The fourth-order valence-electron chi connectivity index (χ4n) is 1.62. The fourth-order valence-corrected chi connectivity index (χ4v) is 1.62. The first kappa shape index (κ1) is 12.3. The molecule has 0 aliphatic heterocycles. The van der Waals surface area contributed by atoms with Crippen LogP contribution in [-0.2, 0) is 13.6 Å². The highest BCUT2D eigenvalue weighted by molar-refractivity contribution is 5.40. The number of hydrogen-bond acceptors (Lipinski definition) is 5. The Kier molecular flexibility index (Phi) is 3.14. The summed E-state index contributed by atoms with van der Waals surface area (Å²) in [7, 11) is 5.54. The molecule has 2 aromatic rings. The molecule has 0 aromatic carbocycles. The Bertz CT molecular complexity index is 612. The summed E-state index contributed by atoms with van der Waals surface area (Å²) >= 11 is 0. The van der Waals surface area contributed by atoms with Gasteiger partial charge >= 0.3 is 0 Å². The Morgan fingerprint density at radius 1 is 1.39 bits per heavy atom. The van der Waals surface area contributed by atoms with Crippen LogP contribution < -0.4 is 10.5 Å². The molecule has 0 fully saturated rings. The van der Waals surface area contributed by atoms with Crippen molar-refractivity contribution in [2.24, 2.45) is 7.05 Å². The molecule has 0 spiro atoms. The molecule has 96 valence electrons. The van der Waals surface area contributed by atoms with Gasteiger partial charge < -0.3 is 4.90 Å². The van der Waals surface area contributed by atoms with Crippen molar-refractivity contribution >= 4 is 5.69 Å². The second-order valence-electron chi connectivity index (χ2n) is 4.30. The lowest BCUT2D eigenvalue weighted by Gasteiger charge is -2.12. The molecule has 0 aliphatic carbocycles. The van der Waals surface area contributed by atoms with E-state index >= 15 is 0 Å². The molecule has 0 radical (unpaired) electrons. The maximum Gasteiger partial charge on any atom is 0.269 e. The highest BCUT2D eigenvalue weighted by Gasteiger charge is 2.07. The zero-order valence-electron chi connectivity index (χ0n) is 11.0. The first-order valence-corrected chi connectivity index (χ1v) is 5.58. The van der Waals surface area contributed by atoms with Crippen LogP contribution in [0.1, 0.15) is 11.6 Å². The van der Waals surface area contributed by atoms with Gasteiger partial charge in [0.15, 0.2) is 0 Å². The lowest BCUT2D eigenvalue weighted by atomic mass is 10.4. The molecule has 0 bridgehead atoms. The first-order chi connectivity index (χ1) is 8.47. The molecule has 0 atom stereocenters. The third kappa shape index (κ3) is 2.39. The first-order valence-electron chi connectivity index (χ1n) is 5.58. The number of anilines is 1. The maximum absolute atomic E-state index is 11.9. The van der Waals surface area contributed by atoms with Crippen LogP contribution in [-0.4, -0.2) is 38.6 Å². The van der Waals surface area contributed by atoms with E-state index in [0.29, 0.717) is 18.2 Å². The number of rotatable bonds is 3. The maximum atomic E-state index is 11.9. The van der Waals surface area contributed by atoms with Gasteiger partial charge in [-0.15, -0.1) is 0 Å².